The van der Waals surface area contributed by atoms with Crippen LogP contribution in [0.1, 0.15) is 22.9 Å². The van der Waals surface area contributed by atoms with E-state index in [-0.39, 0.29) is 6.04 Å². The summed E-state index contributed by atoms with van der Waals surface area (Å²) in [7, 11) is 4.10. The maximum absolute atomic E-state index is 6.46. The maximum atomic E-state index is 6.46. The average Bonchev–Trinajstić information content (AvgIpc) is 2.80. The first-order valence-electron chi connectivity index (χ1n) is 6.77. The van der Waals surface area contributed by atoms with Gasteiger partial charge in [0.15, 0.2) is 0 Å². The molecule has 6 heteroatoms. The Labute approximate surface area is 142 Å². The zero-order valence-corrected chi connectivity index (χ0v) is 15.6. The molecule has 1 unspecified atom stereocenters. The summed E-state index contributed by atoms with van der Waals surface area (Å²) in [6.45, 7) is 3.80. The minimum absolute atomic E-state index is 0.207. The number of nitrogens with zero attached hydrogens (tertiary/aromatic N) is 3. The number of hydrogen-bond donors (Lipinski definition) is 1. The topological polar surface area (TPSA) is 47.1 Å². The van der Waals surface area contributed by atoms with Gasteiger partial charge in [-0.15, -0.1) is 0 Å². The Bertz CT molecular complexity index is 622. The fourth-order valence-corrected chi connectivity index (χ4v) is 3.05. The van der Waals surface area contributed by atoms with E-state index in [1.54, 1.807) is 0 Å². The standard InChI is InChI=1S/C15H20Br2N4/c1-10-4-5-11(8-12(10)16)14(18)15-13(17)9-19-21(15)7-6-20(2)3/h4-5,8-9,14H,6-7,18H2,1-3H3. The molecule has 0 spiro atoms. The summed E-state index contributed by atoms with van der Waals surface area (Å²) in [4.78, 5) is 2.13. The van der Waals surface area contributed by atoms with E-state index >= 15 is 0 Å². The van der Waals surface area contributed by atoms with Crippen molar-refractivity contribution in [3.8, 4) is 0 Å². The van der Waals surface area contributed by atoms with Crippen LogP contribution in [-0.2, 0) is 6.54 Å². The van der Waals surface area contributed by atoms with Crippen molar-refractivity contribution < 1.29 is 0 Å². The Morgan fingerprint density at radius 2 is 2.00 bits per heavy atom. The molecule has 0 saturated heterocycles. The molecular formula is C15H20Br2N4. The van der Waals surface area contributed by atoms with Gasteiger partial charge in [-0.25, -0.2) is 0 Å². The lowest BCUT2D eigenvalue weighted by atomic mass is 10.0. The molecule has 0 fully saturated rings. The molecule has 2 N–H and O–H groups in total. The normalized spacial score (nSPS) is 12.9. The van der Waals surface area contributed by atoms with Crippen molar-refractivity contribution in [3.63, 3.8) is 0 Å². The summed E-state index contributed by atoms with van der Waals surface area (Å²) in [5.74, 6) is 0. The molecule has 0 amide bonds. The first-order valence-corrected chi connectivity index (χ1v) is 8.36. The highest BCUT2D eigenvalue weighted by Gasteiger charge is 2.19. The molecule has 1 heterocycles. The minimum Gasteiger partial charge on any atom is -0.319 e. The van der Waals surface area contributed by atoms with Crippen molar-refractivity contribution >= 4 is 31.9 Å². The van der Waals surface area contributed by atoms with Crippen LogP contribution in [0.5, 0.6) is 0 Å². The molecule has 0 radical (unpaired) electrons. The van der Waals surface area contributed by atoms with Gasteiger partial charge in [0, 0.05) is 11.0 Å². The number of aryl methyl sites for hydroxylation is 1. The first-order chi connectivity index (χ1) is 9.90. The highest BCUT2D eigenvalue weighted by Crippen LogP contribution is 2.29. The Morgan fingerprint density at radius 3 is 2.62 bits per heavy atom. The SMILES string of the molecule is Cc1ccc(C(N)c2c(Br)cnn2CCN(C)C)cc1Br. The molecule has 0 aliphatic rings. The van der Waals surface area contributed by atoms with E-state index in [9.17, 15) is 0 Å². The van der Waals surface area contributed by atoms with E-state index in [1.165, 1.54) is 5.56 Å². The molecule has 2 aromatic rings. The molecule has 1 aromatic heterocycles. The molecule has 0 saturated carbocycles. The monoisotopic (exact) mass is 414 g/mol. The van der Waals surface area contributed by atoms with Gasteiger partial charge in [0.05, 0.1) is 29.0 Å². The average molecular weight is 416 g/mol. The highest BCUT2D eigenvalue weighted by molar-refractivity contribution is 9.10. The second-order valence-electron chi connectivity index (χ2n) is 5.39. The summed E-state index contributed by atoms with van der Waals surface area (Å²) in [6, 6.07) is 6.02. The highest BCUT2D eigenvalue weighted by atomic mass is 79.9. The van der Waals surface area contributed by atoms with Crippen LogP contribution in [0.2, 0.25) is 0 Å². The zero-order chi connectivity index (χ0) is 15.6. The van der Waals surface area contributed by atoms with Crippen molar-refractivity contribution in [1.29, 1.82) is 0 Å². The quantitative estimate of drug-likeness (QED) is 0.814. The summed E-state index contributed by atoms with van der Waals surface area (Å²) < 4.78 is 4.00. The fraction of sp³-hybridized carbons (Fsp3) is 0.400. The van der Waals surface area contributed by atoms with Crippen LogP contribution in [-0.4, -0.2) is 35.3 Å². The van der Waals surface area contributed by atoms with E-state index in [1.807, 2.05) is 10.9 Å². The van der Waals surface area contributed by atoms with Crippen molar-refractivity contribution in [2.75, 3.05) is 20.6 Å². The smallest absolute Gasteiger partial charge is 0.0739 e. The van der Waals surface area contributed by atoms with Crippen molar-refractivity contribution in [2.45, 2.75) is 19.5 Å². The largest absolute Gasteiger partial charge is 0.319 e. The lowest BCUT2D eigenvalue weighted by Gasteiger charge is -2.18. The summed E-state index contributed by atoms with van der Waals surface area (Å²) in [5, 5.41) is 4.43. The van der Waals surface area contributed by atoms with Crippen LogP contribution in [0, 0.1) is 6.92 Å². The van der Waals surface area contributed by atoms with E-state index in [4.69, 9.17) is 5.73 Å². The molecule has 4 nitrogen and oxygen atoms in total. The van der Waals surface area contributed by atoms with Gasteiger partial charge in [-0.3, -0.25) is 4.68 Å². The number of rotatable bonds is 5. The second kappa shape index (κ2) is 7.05. The molecule has 1 aromatic carbocycles. The van der Waals surface area contributed by atoms with Gasteiger partial charge in [0.1, 0.15) is 0 Å². The lowest BCUT2D eigenvalue weighted by Crippen LogP contribution is -2.23. The van der Waals surface area contributed by atoms with Crippen molar-refractivity contribution in [1.82, 2.24) is 14.7 Å². The Balaban J connectivity index is 2.31. The zero-order valence-electron chi connectivity index (χ0n) is 12.5. The Hall–Kier alpha value is -0.690. The van der Waals surface area contributed by atoms with Gasteiger partial charge in [0.25, 0.3) is 0 Å². The van der Waals surface area contributed by atoms with E-state index in [0.717, 1.165) is 33.3 Å². The van der Waals surface area contributed by atoms with Gasteiger partial charge in [-0.2, -0.15) is 5.10 Å². The van der Waals surface area contributed by atoms with Gasteiger partial charge < -0.3 is 10.6 Å². The van der Waals surface area contributed by atoms with Crippen LogP contribution in [0.25, 0.3) is 0 Å². The van der Waals surface area contributed by atoms with Gasteiger partial charge in [0.2, 0.25) is 0 Å². The number of nitrogens with two attached hydrogens (primary N) is 1. The minimum atomic E-state index is -0.207. The third-order valence-electron chi connectivity index (χ3n) is 3.44. The Morgan fingerprint density at radius 1 is 1.29 bits per heavy atom. The number of halogens is 2. The van der Waals surface area contributed by atoms with Crippen LogP contribution >= 0.6 is 31.9 Å². The lowest BCUT2D eigenvalue weighted by molar-refractivity contribution is 0.368. The Kier molecular flexibility index (Phi) is 5.60. The van der Waals surface area contributed by atoms with Crippen LogP contribution in [0.3, 0.4) is 0 Å². The molecule has 2 rings (SSSR count). The molecule has 0 aliphatic heterocycles. The third kappa shape index (κ3) is 3.94. The summed E-state index contributed by atoms with van der Waals surface area (Å²) in [5.41, 5.74) is 9.74. The predicted octanol–water partition coefficient (Wildman–Crippen LogP) is 3.33. The molecule has 21 heavy (non-hydrogen) atoms. The van der Waals surface area contributed by atoms with Crippen molar-refractivity contribution in [2.24, 2.45) is 5.73 Å². The van der Waals surface area contributed by atoms with Crippen LogP contribution in [0.15, 0.2) is 33.3 Å². The fourth-order valence-electron chi connectivity index (χ4n) is 2.11. The summed E-state index contributed by atoms with van der Waals surface area (Å²) >= 11 is 7.13. The van der Waals surface area contributed by atoms with E-state index < -0.39 is 0 Å². The van der Waals surface area contributed by atoms with Crippen LogP contribution < -0.4 is 5.73 Å². The van der Waals surface area contributed by atoms with E-state index in [0.29, 0.717) is 0 Å². The molecular weight excluding hydrogens is 396 g/mol. The third-order valence-corrected chi connectivity index (χ3v) is 4.91. The number of benzene rings is 1. The van der Waals surface area contributed by atoms with Crippen molar-refractivity contribution in [3.05, 3.63) is 50.2 Å². The number of likely N-dealkylation sites (N-methyl/N-ethyl adjacent to an activating group) is 1. The molecule has 114 valence electrons. The second-order valence-corrected chi connectivity index (χ2v) is 7.10. The van der Waals surface area contributed by atoms with Gasteiger partial charge >= 0.3 is 0 Å². The van der Waals surface area contributed by atoms with Crippen LogP contribution in [0.4, 0.5) is 0 Å². The van der Waals surface area contributed by atoms with E-state index in [2.05, 4.69) is 81.1 Å². The maximum Gasteiger partial charge on any atom is 0.0739 e. The molecule has 0 bridgehead atoms. The number of aromatic nitrogens is 2. The molecule has 1 atom stereocenters. The predicted molar refractivity (Wildman–Crippen MR) is 93.4 cm³/mol. The molecule has 0 aliphatic carbocycles. The summed E-state index contributed by atoms with van der Waals surface area (Å²) in [6.07, 6.45) is 1.81. The first kappa shape index (κ1) is 16.7. The number of hydrogen-bond acceptors (Lipinski definition) is 3. The van der Waals surface area contributed by atoms with Gasteiger partial charge in [-0.05, 0) is 54.1 Å². The van der Waals surface area contributed by atoms with Gasteiger partial charge in [-0.1, -0.05) is 28.1 Å².